The molecule has 1 aromatic carbocycles. The fourth-order valence-electron chi connectivity index (χ4n) is 3.11. The minimum atomic E-state index is -0.456. The van der Waals surface area contributed by atoms with E-state index in [1.807, 2.05) is 30.3 Å². The molecule has 0 radical (unpaired) electrons. The van der Waals surface area contributed by atoms with Gasteiger partial charge in [-0.3, -0.25) is 9.78 Å². The molecule has 1 aliphatic carbocycles. The molecule has 1 heterocycles. The zero-order valence-corrected chi connectivity index (χ0v) is 12.0. The number of benzene rings is 1. The first-order chi connectivity index (χ1) is 10.00. The SMILES string of the molecule is CC1(C)C(C(=O)Nc2cncc(F)c2)C1c1ccccc1. The Hall–Kier alpha value is -2.23. The number of nitrogens with zero attached hydrogens (tertiary/aromatic N) is 1. The van der Waals surface area contributed by atoms with Crippen LogP contribution >= 0.6 is 0 Å². The minimum absolute atomic E-state index is 0.0822. The Bertz CT molecular complexity index is 670. The first-order valence-electron chi connectivity index (χ1n) is 6.96. The Morgan fingerprint density at radius 1 is 1.24 bits per heavy atom. The molecule has 1 aliphatic rings. The van der Waals surface area contributed by atoms with Gasteiger partial charge in [-0.2, -0.15) is 0 Å². The van der Waals surface area contributed by atoms with E-state index in [0.29, 0.717) is 5.69 Å². The summed E-state index contributed by atoms with van der Waals surface area (Å²) >= 11 is 0. The van der Waals surface area contributed by atoms with E-state index in [2.05, 4.69) is 24.1 Å². The molecule has 0 aliphatic heterocycles. The monoisotopic (exact) mass is 284 g/mol. The van der Waals surface area contributed by atoms with Crippen LogP contribution in [0.1, 0.15) is 25.3 Å². The molecule has 1 amide bonds. The van der Waals surface area contributed by atoms with E-state index in [1.54, 1.807) is 0 Å². The molecule has 0 bridgehead atoms. The van der Waals surface area contributed by atoms with E-state index in [4.69, 9.17) is 0 Å². The average Bonchev–Trinajstić information content (AvgIpc) is 3.03. The van der Waals surface area contributed by atoms with Crippen molar-refractivity contribution in [2.75, 3.05) is 5.32 Å². The fraction of sp³-hybridized carbons (Fsp3) is 0.294. The van der Waals surface area contributed by atoms with Crippen LogP contribution in [0.3, 0.4) is 0 Å². The van der Waals surface area contributed by atoms with Gasteiger partial charge >= 0.3 is 0 Å². The average molecular weight is 284 g/mol. The first kappa shape index (κ1) is 13.7. The number of nitrogens with one attached hydrogen (secondary N) is 1. The molecule has 3 rings (SSSR count). The summed E-state index contributed by atoms with van der Waals surface area (Å²) in [4.78, 5) is 16.2. The molecule has 1 aromatic heterocycles. The summed E-state index contributed by atoms with van der Waals surface area (Å²) in [6.07, 6.45) is 2.57. The second-order valence-corrected chi connectivity index (χ2v) is 6.07. The zero-order valence-electron chi connectivity index (χ0n) is 12.0. The van der Waals surface area contributed by atoms with E-state index < -0.39 is 5.82 Å². The summed E-state index contributed by atoms with van der Waals surface area (Å²) in [7, 11) is 0. The molecule has 0 saturated heterocycles. The van der Waals surface area contributed by atoms with Crippen molar-refractivity contribution in [3.05, 3.63) is 60.2 Å². The van der Waals surface area contributed by atoms with Gasteiger partial charge in [0, 0.05) is 12.0 Å². The number of rotatable bonds is 3. The molecule has 2 unspecified atom stereocenters. The highest BCUT2D eigenvalue weighted by molar-refractivity contribution is 5.96. The Kier molecular flexibility index (Phi) is 3.24. The maximum Gasteiger partial charge on any atom is 0.228 e. The molecular formula is C17H17FN2O. The second kappa shape index (κ2) is 4.95. The lowest BCUT2D eigenvalue weighted by molar-refractivity contribution is -0.118. The molecule has 21 heavy (non-hydrogen) atoms. The summed E-state index contributed by atoms with van der Waals surface area (Å²) in [6, 6.07) is 11.3. The molecule has 108 valence electrons. The maximum atomic E-state index is 13.1. The summed E-state index contributed by atoms with van der Waals surface area (Å²) in [5, 5.41) is 2.76. The van der Waals surface area contributed by atoms with E-state index in [9.17, 15) is 9.18 Å². The molecule has 1 N–H and O–H groups in total. The topological polar surface area (TPSA) is 42.0 Å². The summed E-state index contributed by atoms with van der Waals surface area (Å²) in [5.74, 6) is -0.452. The van der Waals surface area contributed by atoms with Crippen LogP contribution in [-0.2, 0) is 4.79 Å². The highest BCUT2D eigenvalue weighted by Gasteiger charge is 2.62. The predicted molar refractivity (Wildman–Crippen MR) is 79.3 cm³/mol. The normalized spacial score (nSPS) is 22.6. The van der Waals surface area contributed by atoms with Gasteiger partial charge in [0.2, 0.25) is 5.91 Å². The number of pyridine rings is 1. The third-order valence-corrected chi connectivity index (χ3v) is 4.24. The third kappa shape index (κ3) is 2.53. The van der Waals surface area contributed by atoms with Gasteiger partial charge in [0.1, 0.15) is 5.82 Å². The summed E-state index contributed by atoms with van der Waals surface area (Å²) < 4.78 is 13.1. The van der Waals surface area contributed by atoms with Crippen molar-refractivity contribution in [3.8, 4) is 0 Å². The van der Waals surface area contributed by atoms with Crippen molar-refractivity contribution in [2.45, 2.75) is 19.8 Å². The number of anilines is 1. The van der Waals surface area contributed by atoms with Gasteiger partial charge in [-0.15, -0.1) is 0 Å². The minimum Gasteiger partial charge on any atom is -0.324 e. The van der Waals surface area contributed by atoms with Crippen LogP contribution in [0.5, 0.6) is 0 Å². The number of halogens is 1. The van der Waals surface area contributed by atoms with Crippen LogP contribution in [0.25, 0.3) is 0 Å². The number of hydrogen-bond donors (Lipinski definition) is 1. The van der Waals surface area contributed by atoms with Gasteiger partial charge < -0.3 is 5.32 Å². The zero-order chi connectivity index (χ0) is 15.0. The Labute approximate surface area is 123 Å². The molecule has 4 heteroatoms. The van der Waals surface area contributed by atoms with Crippen molar-refractivity contribution in [1.29, 1.82) is 0 Å². The quantitative estimate of drug-likeness (QED) is 0.935. The number of aromatic nitrogens is 1. The van der Waals surface area contributed by atoms with Crippen LogP contribution in [0, 0.1) is 17.2 Å². The van der Waals surface area contributed by atoms with Crippen LogP contribution in [0.2, 0.25) is 0 Å². The molecular weight excluding hydrogens is 267 g/mol. The van der Waals surface area contributed by atoms with Crippen molar-refractivity contribution in [3.63, 3.8) is 0 Å². The second-order valence-electron chi connectivity index (χ2n) is 6.07. The smallest absolute Gasteiger partial charge is 0.228 e. The number of carbonyl (C=O) groups excluding carboxylic acids is 1. The third-order valence-electron chi connectivity index (χ3n) is 4.24. The molecule has 3 nitrogen and oxygen atoms in total. The first-order valence-corrected chi connectivity index (χ1v) is 6.96. The largest absolute Gasteiger partial charge is 0.324 e. The Morgan fingerprint density at radius 2 is 1.95 bits per heavy atom. The molecule has 2 aromatic rings. The van der Waals surface area contributed by atoms with Gasteiger partial charge in [0.05, 0.1) is 24.0 Å². The molecule has 1 saturated carbocycles. The van der Waals surface area contributed by atoms with Crippen LogP contribution < -0.4 is 5.32 Å². The van der Waals surface area contributed by atoms with E-state index in [-0.39, 0.29) is 23.2 Å². The summed E-state index contributed by atoms with van der Waals surface area (Å²) in [5.41, 5.74) is 1.47. The maximum absolute atomic E-state index is 13.1. The van der Waals surface area contributed by atoms with Crippen molar-refractivity contribution >= 4 is 11.6 Å². The lowest BCUT2D eigenvalue weighted by Crippen LogP contribution is -2.17. The van der Waals surface area contributed by atoms with Crippen molar-refractivity contribution in [2.24, 2.45) is 11.3 Å². The van der Waals surface area contributed by atoms with Gasteiger partial charge in [-0.1, -0.05) is 44.2 Å². The number of amides is 1. The van der Waals surface area contributed by atoms with Crippen LogP contribution in [0.15, 0.2) is 48.8 Å². The Morgan fingerprint density at radius 3 is 2.62 bits per heavy atom. The molecule has 0 spiro atoms. The standard InChI is InChI=1S/C17H17FN2O/c1-17(2)14(11-6-4-3-5-7-11)15(17)16(21)20-13-8-12(18)9-19-10-13/h3-10,14-15H,1-2H3,(H,20,21). The van der Waals surface area contributed by atoms with Gasteiger partial charge in [-0.25, -0.2) is 4.39 Å². The lowest BCUT2D eigenvalue weighted by Gasteiger charge is -2.05. The lowest BCUT2D eigenvalue weighted by atomic mass is 10.0. The van der Waals surface area contributed by atoms with E-state index in [1.165, 1.54) is 17.8 Å². The molecule has 1 fully saturated rings. The van der Waals surface area contributed by atoms with Crippen LogP contribution in [0.4, 0.5) is 10.1 Å². The number of carbonyl (C=O) groups is 1. The predicted octanol–water partition coefficient (Wildman–Crippen LogP) is 3.60. The molecule has 2 atom stereocenters. The van der Waals surface area contributed by atoms with E-state index in [0.717, 1.165) is 6.20 Å². The van der Waals surface area contributed by atoms with Crippen molar-refractivity contribution in [1.82, 2.24) is 4.98 Å². The highest BCUT2D eigenvalue weighted by atomic mass is 19.1. The van der Waals surface area contributed by atoms with Gasteiger partial charge in [-0.05, 0) is 11.0 Å². The highest BCUT2D eigenvalue weighted by Crippen LogP contribution is 2.64. The van der Waals surface area contributed by atoms with Gasteiger partial charge in [0.25, 0.3) is 0 Å². The number of hydrogen-bond acceptors (Lipinski definition) is 2. The Balaban J connectivity index is 1.77. The van der Waals surface area contributed by atoms with Crippen molar-refractivity contribution < 1.29 is 9.18 Å². The fourth-order valence-corrected chi connectivity index (χ4v) is 3.11. The summed E-state index contributed by atoms with van der Waals surface area (Å²) in [6.45, 7) is 4.16. The van der Waals surface area contributed by atoms with Gasteiger partial charge in [0.15, 0.2) is 0 Å². The van der Waals surface area contributed by atoms with E-state index >= 15 is 0 Å². The van der Waals surface area contributed by atoms with Crippen LogP contribution in [-0.4, -0.2) is 10.9 Å².